The summed E-state index contributed by atoms with van der Waals surface area (Å²) in [6, 6.07) is 3.35. The number of nitrogens with one attached hydrogen (secondary N) is 1. The molecule has 20 heavy (non-hydrogen) atoms. The van der Waals surface area contributed by atoms with Gasteiger partial charge in [0.2, 0.25) is 0 Å². The van der Waals surface area contributed by atoms with Crippen LogP contribution >= 0.6 is 0 Å². The second-order valence-corrected chi connectivity index (χ2v) is 4.99. The van der Waals surface area contributed by atoms with E-state index in [-0.39, 0.29) is 5.56 Å². The highest BCUT2D eigenvalue weighted by molar-refractivity contribution is 6.00. The molecule has 0 aromatic heterocycles. The van der Waals surface area contributed by atoms with Crippen molar-refractivity contribution in [3.8, 4) is 0 Å². The molecule has 1 amide bonds. The van der Waals surface area contributed by atoms with E-state index in [1.807, 2.05) is 20.8 Å². The predicted molar refractivity (Wildman–Crippen MR) is 72.3 cm³/mol. The van der Waals surface area contributed by atoms with Crippen LogP contribution in [0.2, 0.25) is 0 Å². The van der Waals surface area contributed by atoms with Gasteiger partial charge in [-0.3, -0.25) is 4.79 Å². The van der Waals surface area contributed by atoms with Gasteiger partial charge >= 0.3 is 6.18 Å². The van der Waals surface area contributed by atoms with E-state index in [2.05, 4.69) is 5.32 Å². The summed E-state index contributed by atoms with van der Waals surface area (Å²) < 4.78 is 38.3. The van der Waals surface area contributed by atoms with E-state index in [9.17, 15) is 18.0 Å². The number of para-hydroxylation sites is 1. The normalized spacial score (nSPS) is 12.3. The Morgan fingerprint density at radius 3 is 2.25 bits per heavy atom. The number of benzene rings is 1. The third-order valence-electron chi connectivity index (χ3n) is 3.63. The summed E-state index contributed by atoms with van der Waals surface area (Å²) in [5.74, 6) is -0.584. The molecule has 0 spiro atoms. The molecule has 112 valence electrons. The number of halogens is 3. The summed E-state index contributed by atoms with van der Waals surface area (Å²) in [5, 5.41) is 2.74. The van der Waals surface area contributed by atoms with Crippen LogP contribution in [0.1, 0.15) is 49.5 Å². The molecule has 3 nitrogen and oxygen atoms in total. The average molecular weight is 288 g/mol. The molecule has 1 rings (SSSR count). The molecule has 0 aliphatic rings. The van der Waals surface area contributed by atoms with Crippen molar-refractivity contribution < 1.29 is 18.0 Å². The zero-order valence-electron chi connectivity index (χ0n) is 11.8. The maximum Gasteiger partial charge on any atom is 0.418 e. The maximum atomic E-state index is 12.8. The summed E-state index contributed by atoms with van der Waals surface area (Å²) in [6.07, 6.45) is -3.22. The van der Waals surface area contributed by atoms with Gasteiger partial charge in [-0.25, -0.2) is 0 Å². The van der Waals surface area contributed by atoms with Gasteiger partial charge in [0.25, 0.3) is 5.91 Å². The van der Waals surface area contributed by atoms with Crippen molar-refractivity contribution in [2.24, 2.45) is 0 Å². The second kappa shape index (κ2) is 5.73. The molecular weight excluding hydrogens is 269 g/mol. The van der Waals surface area contributed by atoms with Gasteiger partial charge in [0, 0.05) is 5.54 Å². The fraction of sp³-hybridized carbons (Fsp3) is 0.500. The minimum atomic E-state index is -4.57. The van der Waals surface area contributed by atoms with Gasteiger partial charge in [-0.1, -0.05) is 19.9 Å². The first-order valence-electron chi connectivity index (χ1n) is 6.43. The van der Waals surface area contributed by atoms with E-state index in [0.717, 1.165) is 6.07 Å². The van der Waals surface area contributed by atoms with Crippen LogP contribution in [0.4, 0.5) is 18.9 Å². The number of amides is 1. The molecule has 0 heterocycles. The van der Waals surface area contributed by atoms with E-state index < -0.39 is 28.9 Å². The first-order valence-corrected chi connectivity index (χ1v) is 6.43. The van der Waals surface area contributed by atoms with Gasteiger partial charge in [-0.05, 0) is 31.9 Å². The molecule has 0 aliphatic heterocycles. The van der Waals surface area contributed by atoms with Crippen molar-refractivity contribution in [3.63, 3.8) is 0 Å². The van der Waals surface area contributed by atoms with Crippen LogP contribution in [0, 0.1) is 0 Å². The number of rotatable bonds is 4. The highest BCUT2D eigenvalue weighted by atomic mass is 19.4. The number of carbonyl (C=O) groups excluding carboxylic acids is 1. The minimum Gasteiger partial charge on any atom is -0.398 e. The summed E-state index contributed by atoms with van der Waals surface area (Å²) >= 11 is 0. The number of anilines is 1. The Kier molecular flexibility index (Phi) is 4.68. The Balaban J connectivity index is 3.13. The highest BCUT2D eigenvalue weighted by Gasteiger charge is 2.34. The molecule has 1 aromatic rings. The molecule has 0 radical (unpaired) electrons. The van der Waals surface area contributed by atoms with Crippen LogP contribution in [0.5, 0.6) is 0 Å². The molecule has 0 unspecified atom stereocenters. The third-order valence-corrected chi connectivity index (χ3v) is 3.63. The summed E-state index contributed by atoms with van der Waals surface area (Å²) in [6.45, 7) is 5.65. The molecule has 0 saturated carbocycles. The standard InChI is InChI=1S/C14H19F3N2O/c1-4-13(3,5-2)19-12(20)9-7-6-8-10(11(9)18)14(15,16)17/h6-8H,4-5,18H2,1-3H3,(H,19,20). The van der Waals surface area contributed by atoms with Crippen molar-refractivity contribution in [2.45, 2.75) is 45.3 Å². The molecule has 0 saturated heterocycles. The van der Waals surface area contributed by atoms with Gasteiger partial charge in [0.15, 0.2) is 0 Å². The molecule has 1 aromatic carbocycles. The van der Waals surface area contributed by atoms with E-state index in [1.54, 1.807) is 0 Å². The first-order chi connectivity index (χ1) is 9.14. The lowest BCUT2D eigenvalue weighted by Crippen LogP contribution is -2.45. The van der Waals surface area contributed by atoms with Crippen molar-refractivity contribution in [2.75, 3.05) is 5.73 Å². The number of hydrogen-bond acceptors (Lipinski definition) is 2. The highest BCUT2D eigenvalue weighted by Crippen LogP contribution is 2.35. The number of alkyl halides is 3. The molecular formula is C14H19F3N2O. The van der Waals surface area contributed by atoms with E-state index in [0.29, 0.717) is 12.8 Å². The van der Waals surface area contributed by atoms with Crippen molar-refractivity contribution in [1.82, 2.24) is 5.32 Å². The third kappa shape index (κ3) is 3.43. The van der Waals surface area contributed by atoms with Crippen LogP contribution in [0.3, 0.4) is 0 Å². The van der Waals surface area contributed by atoms with E-state index >= 15 is 0 Å². The topological polar surface area (TPSA) is 55.1 Å². The Bertz CT molecular complexity index is 494. The molecule has 6 heteroatoms. The Morgan fingerprint density at radius 1 is 1.25 bits per heavy atom. The van der Waals surface area contributed by atoms with Crippen molar-refractivity contribution in [1.29, 1.82) is 0 Å². The number of hydrogen-bond donors (Lipinski definition) is 2. The van der Waals surface area contributed by atoms with Crippen LogP contribution in [0.25, 0.3) is 0 Å². The van der Waals surface area contributed by atoms with Crippen LogP contribution in [-0.4, -0.2) is 11.4 Å². The number of nitrogens with two attached hydrogens (primary N) is 1. The van der Waals surface area contributed by atoms with Gasteiger partial charge in [-0.2, -0.15) is 13.2 Å². The molecule has 0 atom stereocenters. The van der Waals surface area contributed by atoms with E-state index in [1.165, 1.54) is 12.1 Å². The molecule has 0 bridgehead atoms. The quantitative estimate of drug-likeness (QED) is 0.832. The maximum absolute atomic E-state index is 12.8. The molecule has 0 aliphatic carbocycles. The monoisotopic (exact) mass is 288 g/mol. The van der Waals surface area contributed by atoms with Gasteiger partial charge in [0.05, 0.1) is 16.8 Å². The van der Waals surface area contributed by atoms with Crippen molar-refractivity contribution in [3.05, 3.63) is 29.3 Å². The number of nitrogen functional groups attached to an aromatic ring is 1. The molecule has 0 fully saturated rings. The lowest BCUT2D eigenvalue weighted by molar-refractivity contribution is -0.136. The SMILES string of the molecule is CCC(C)(CC)NC(=O)c1cccc(C(F)(F)F)c1N. The van der Waals surface area contributed by atoms with E-state index in [4.69, 9.17) is 5.73 Å². The lowest BCUT2D eigenvalue weighted by Gasteiger charge is -2.28. The Labute approximate surface area is 116 Å². The summed E-state index contributed by atoms with van der Waals surface area (Å²) in [7, 11) is 0. The van der Waals surface area contributed by atoms with Crippen LogP contribution in [-0.2, 0) is 6.18 Å². The van der Waals surface area contributed by atoms with Gasteiger partial charge < -0.3 is 11.1 Å². The molecule has 3 N–H and O–H groups in total. The lowest BCUT2D eigenvalue weighted by atomic mass is 9.94. The first kappa shape index (κ1) is 16.3. The van der Waals surface area contributed by atoms with Crippen LogP contribution < -0.4 is 11.1 Å². The summed E-state index contributed by atoms with van der Waals surface area (Å²) in [4.78, 5) is 12.1. The zero-order valence-corrected chi connectivity index (χ0v) is 11.8. The fourth-order valence-corrected chi connectivity index (χ4v) is 1.78. The number of carbonyl (C=O) groups is 1. The average Bonchev–Trinajstić information content (AvgIpc) is 2.37. The fourth-order valence-electron chi connectivity index (χ4n) is 1.78. The Morgan fingerprint density at radius 2 is 1.80 bits per heavy atom. The zero-order chi connectivity index (χ0) is 15.6. The smallest absolute Gasteiger partial charge is 0.398 e. The van der Waals surface area contributed by atoms with Gasteiger partial charge in [0.1, 0.15) is 0 Å². The summed E-state index contributed by atoms with van der Waals surface area (Å²) in [5.41, 5.74) is 3.36. The second-order valence-electron chi connectivity index (χ2n) is 4.99. The minimum absolute atomic E-state index is 0.145. The van der Waals surface area contributed by atoms with Crippen LogP contribution in [0.15, 0.2) is 18.2 Å². The largest absolute Gasteiger partial charge is 0.418 e. The predicted octanol–water partition coefficient (Wildman–Crippen LogP) is 3.60. The van der Waals surface area contributed by atoms with Crippen molar-refractivity contribution >= 4 is 11.6 Å². The van der Waals surface area contributed by atoms with Gasteiger partial charge in [-0.15, -0.1) is 0 Å². The Hall–Kier alpha value is -1.72.